The number of aromatic amines is 1. The van der Waals surface area contributed by atoms with Crippen LogP contribution in [0.4, 0.5) is 0 Å². The van der Waals surface area contributed by atoms with Crippen molar-refractivity contribution in [3.05, 3.63) is 17.5 Å². The first-order valence-corrected chi connectivity index (χ1v) is 8.29. The predicted octanol–water partition coefficient (Wildman–Crippen LogP) is 1.52. The molecule has 6 nitrogen and oxygen atoms in total. The van der Waals surface area contributed by atoms with Gasteiger partial charge < -0.3 is 10.1 Å². The quantitative estimate of drug-likeness (QED) is 0.836. The first-order chi connectivity index (χ1) is 10.6. The monoisotopic (exact) mass is 306 g/mol. The number of H-pyrrole nitrogens is 1. The van der Waals surface area contributed by atoms with E-state index in [9.17, 15) is 4.79 Å². The molecule has 2 aliphatic rings. The summed E-state index contributed by atoms with van der Waals surface area (Å²) in [5.74, 6) is 0.499. The van der Waals surface area contributed by atoms with Gasteiger partial charge in [0, 0.05) is 36.8 Å². The number of aromatic nitrogens is 2. The van der Waals surface area contributed by atoms with Crippen LogP contribution in [0.3, 0.4) is 0 Å². The second-order valence-electron chi connectivity index (χ2n) is 6.62. The standard InChI is InChI=1S/C16H26N4O2/c1-3-16(2,20-6-8-22-9-7-20)11-17-15(21)14-10-13(18-19-14)12-4-5-12/h10,12H,3-9,11H2,1-2H3,(H,17,21)(H,18,19)/t16-/m1/s1. The Bertz CT molecular complexity index is 520. The van der Waals surface area contributed by atoms with Crippen LogP contribution in [0.2, 0.25) is 0 Å². The summed E-state index contributed by atoms with van der Waals surface area (Å²) in [6.45, 7) is 8.40. The lowest BCUT2D eigenvalue weighted by Crippen LogP contribution is -2.56. The van der Waals surface area contributed by atoms with Crippen LogP contribution in [0.5, 0.6) is 0 Å². The lowest BCUT2D eigenvalue weighted by molar-refractivity contribution is -0.0169. The van der Waals surface area contributed by atoms with Crippen LogP contribution in [0, 0.1) is 0 Å². The zero-order chi connectivity index (χ0) is 15.6. The minimum Gasteiger partial charge on any atom is -0.379 e. The third-order valence-corrected chi connectivity index (χ3v) is 5.01. The van der Waals surface area contributed by atoms with E-state index in [1.807, 2.05) is 6.07 Å². The van der Waals surface area contributed by atoms with E-state index < -0.39 is 0 Å². The van der Waals surface area contributed by atoms with Crippen molar-refractivity contribution < 1.29 is 9.53 Å². The molecule has 1 aromatic heterocycles. The molecule has 2 heterocycles. The number of hydrogen-bond acceptors (Lipinski definition) is 4. The lowest BCUT2D eigenvalue weighted by Gasteiger charge is -2.43. The van der Waals surface area contributed by atoms with E-state index in [4.69, 9.17) is 4.74 Å². The molecule has 1 aromatic rings. The van der Waals surface area contributed by atoms with Crippen LogP contribution in [-0.2, 0) is 4.74 Å². The Morgan fingerprint density at radius 3 is 2.86 bits per heavy atom. The maximum Gasteiger partial charge on any atom is 0.271 e. The molecule has 22 heavy (non-hydrogen) atoms. The van der Waals surface area contributed by atoms with Gasteiger partial charge in [-0.1, -0.05) is 6.92 Å². The molecule has 122 valence electrons. The molecule has 1 aliphatic carbocycles. The Kier molecular flexibility index (Phi) is 4.49. The fourth-order valence-electron chi connectivity index (χ4n) is 2.98. The molecule has 1 amide bonds. The van der Waals surface area contributed by atoms with Crippen LogP contribution in [0.1, 0.15) is 55.2 Å². The van der Waals surface area contributed by atoms with Crippen molar-refractivity contribution in [2.75, 3.05) is 32.8 Å². The molecule has 1 saturated carbocycles. The van der Waals surface area contributed by atoms with Crippen LogP contribution in [0.15, 0.2) is 6.07 Å². The van der Waals surface area contributed by atoms with Crippen molar-refractivity contribution >= 4 is 5.91 Å². The SMILES string of the molecule is CC[C@](C)(CNC(=O)c1cc(C2CC2)[nH]n1)N1CCOCC1. The molecule has 2 N–H and O–H groups in total. The molecule has 0 radical (unpaired) electrons. The highest BCUT2D eigenvalue weighted by Gasteiger charge is 2.32. The molecule has 1 atom stereocenters. The van der Waals surface area contributed by atoms with E-state index in [0.29, 0.717) is 18.2 Å². The summed E-state index contributed by atoms with van der Waals surface area (Å²) in [5, 5.41) is 10.2. The normalized spacial score (nSPS) is 22.3. The molecule has 1 saturated heterocycles. The molecule has 0 aromatic carbocycles. The van der Waals surface area contributed by atoms with Gasteiger partial charge >= 0.3 is 0 Å². The number of rotatable bonds is 6. The largest absolute Gasteiger partial charge is 0.379 e. The maximum absolute atomic E-state index is 12.3. The number of nitrogens with zero attached hydrogens (tertiary/aromatic N) is 2. The smallest absolute Gasteiger partial charge is 0.271 e. The fourth-order valence-corrected chi connectivity index (χ4v) is 2.98. The summed E-state index contributed by atoms with van der Waals surface area (Å²) in [5.41, 5.74) is 1.56. The molecular weight excluding hydrogens is 280 g/mol. The Labute approximate surface area is 131 Å². The number of morpholine rings is 1. The van der Waals surface area contributed by atoms with Gasteiger partial charge in [-0.15, -0.1) is 0 Å². The van der Waals surface area contributed by atoms with Crippen molar-refractivity contribution in [2.45, 2.75) is 44.6 Å². The molecule has 0 spiro atoms. The van der Waals surface area contributed by atoms with Gasteiger partial charge in [-0.25, -0.2) is 0 Å². The second kappa shape index (κ2) is 6.38. The first kappa shape index (κ1) is 15.5. The minimum absolute atomic E-state index is 0.0327. The van der Waals surface area contributed by atoms with Gasteiger partial charge in [-0.3, -0.25) is 14.8 Å². The van der Waals surface area contributed by atoms with Crippen molar-refractivity contribution in [2.24, 2.45) is 0 Å². The van der Waals surface area contributed by atoms with Crippen molar-refractivity contribution in [3.63, 3.8) is 0 Å². The minimum atomic E-state index is -0.0870. The predicted molar refractivity (Wildman–Crippen MR) is 84.0 cm³/mol. The zero-order valence-electron chi connectivity index (χ0n) is 13.5. The number of amides is 1. The highest BCUT2D eigenvalue weighted by atomic mass is 16.5. The highest BCUT2D eigenvalue weighted by Crippen LogP contribution is 2.38. The Hall–Kier alpha value is -1.40. The third-order valence-electron chi connectivity index (χ3n) is 5.01. The number of carbonyl (C=O) groups excluding carboxylic acids is 1. The van der Waals surface area contributed by atoms with Gasteiger partial charge in [0.15, 0.2) is 0 Å². The molecule has 0 bridgehead atoms. The summed E-state index contributed by atoms with van der Waals surface area (Å²) < 4.78 is 5.42. The first-order valence-electron chi connectivity index (χ1n) is 8.29. The van der Waals surface area contributed by atoms with Crippen LogP contribution in [0.25, 0.3) is 0 Å². The van der Waals surface area contributed by atoms with E-state index in [1.165, 1.54) is 12.8 Å². The molecule has 6 heteroatoms. The number of carbonyl (C=O) groups is 1. The van der Waals surface area contributed by atoms with Gasteiger partial charge in [0.2, 0.25) is 0 Å². The number of ether oxygens (including phenoxy) is 1. The fraction of sp³-hybridized carbons (Fsp3) is 0.750. The third kappa shape index (κ3) is 3.33. The topological polar surface area (TPSA) is 70.2 Å². The average molecular weight is 306 g/mol. The summed E-state index contributed by atoms with van der Waals surface area (Å²) in [7, 11) is 0. The lowest BCUT2D eigenvalue weighted by atomic mass is 9.95. The summed E-state index contributed by atoms with van der Waals surface area (Å²) in [6, 6.07) is 1.89. The van der Waals surface area contributed by atoms with Crippen LogP contribution in [-0.4, -0.2) is 59.4 Å². The second-order valence-corrected chi connectivity index (χ2v) is 6.62. The van der Waals surface area contributed by atoms with Crippen LogP contribution < -0.4 is 5.32 Å². The van der Waals surface area contributed by atoms with Gasteiger partial charge in [0.1, 0.15) is 5.69 Å². The Balaban J connectivity index is 1.57. The summed E-state index contributed by atoms with van der Waals surface area (Å²) in [6.07, 6.45) is 3.39. The van der Waals surface area contributed by atoms with Crippen molar-refractivity contribution in [3.8, 4) is 0 Å². The van der Waals surface area contributed by atoms with Gasteiger partial charge in [-0.05, 0) is 32.3 Å². The average Bonchev–Trinajstić information content (AvgIpc) is 3.30. The molecular formula is C16H26N4O2. The Morgan fingerprint density at radius 1 is 1.50 bits per heavy atom. The highest BCUT2D eigenvalue weighted by molar-refractivity contribution is 5.92. The summed E-state index contributed by atoms with van der Waals surface area (Å²) >= 11 is 0. The maximum atomic E-state index is 12.3. The van der Waals surface area contributed by atoms with E-state index >= 15 is 0 Å². The van der Waals surface area contributed by atoms with E-state index in [-0.39, 0.29) is 11.4 Å². The molecule has 2 fully saturated rings. The zero-order valence-corrected chi connectivity index (χ0v) is 13.5. The van der Waals surface area contributed by atoms with E-state index in [2.05, 4.69) is 34.3 Å². The van der Waals surface area contributed by atoms with Crippen molar-refractivity contribution in [1.82, 2.24) is 20.4 Å². The molecule has 1 aliphatic heterocycles. The van der Waals surface area contributed by atoms with E-state index in [1.54, 1.807) is 0 Å². The number of nitrogens with one attached hydrogen (secondary N) is 2. The van der Waals surface area contributed by atoms with Crippen LogP contribution >= 0.6 is 0 Å². The summed E-state index contributed by atoms with van der Waals surface area (Å²) in [4.78, 5) is 14.7. The molecule has 3 rings (SSSR count). The number of hydrogen-bond donors (Lipinski definition) is 2. The van der Waals surface area contributed by atoms with Crippen molar-refractivity contribution in [1.29, 1.82) is 0 Å². The van der Waals surface area contributed by atoms with E-state index in [0.717, 1.165) is 38.4 Å². The Morgan fingerprint density at radius 2 is 2.23 bits per heavy atom. The van der Waals surface area contributed by atoms with Gasteiger partial charge in [0.25, 0.3) is 5.91 Å². The van der Waals surface area contributed by atoms with Gasteiger partial charge in [-0.2, -0.15) is 5.10 Å². The molecule has 0 unspecified atom stereocenters. The van der Waals surface area contributed by atoms with Gasteiger partial charge in [0.05, 0.1) is 13.2 Å².